The van der Waals surface area contributed by atoms with Crippen molar-refractivity contribution in [2.24, 2.45) is 0 Å². The highest BCUT2D eigenvalue weighted by Crippen LogP contribution is 1.94. The lowest BCUT2D eigenvalue weighted by molar-refractivity contribution is -0.163. The summed E-state index contributed by atoms with van der Waals surface area (Å²) in [7, 11) is 0. The number of rotatable bonds is 8. The molecule has 0 fully saturated rings. The van der Waals surface area contributed by atoms with E-state index in [4.69, 9.17) is 9.47 Å². The van der Waals surface area contributed by atoms with Crippen LogP contribution in [0.1, 0.15) is 33.1 Å². The van der Waals surface area contributed by atoms with E-state index in [1.165, 1.54) is 6.92 Å². The van der Waals surface area contributed by atoms with Crippen molar-refractivity contribution in [3.63, 3.8) is 0 Å². The molecule has 0 aliphatic carbocycles. The minimum Gasteiger partial charge on any atom is -0.464 e. The largest absolute Gasteiger partial charge is 0.464 e. The number of esters is 2. The molecule has 0 radical (unpaired) electrons. The van der Waals surface area contributed by atoms with Gasteiger partial charge in [-0.05, 0) is 6.42 Å². The summed E-state index contributed by atoms with van der Waals surface area (Å²) in [5, 5.41) is 0. The zero-order valence-electron chi connectivity index (χ0n) is 9.28. The molecule has 0 bridgehead atoms. The highest BCUT2D eigenvalue weighted by atomic mass is 16.7. The second-order valence-corrected chi connectivity index (χ2v) is 3.03. The van der Waals surface area contributed by atoms with E-state index in [1.54, 1.807) is 0 Å². The Morgan fingerprint density at radius 2 is 1.87 bits per heavy atom. The normalized spacial score (nSPS) is 9.73. The lowest BCUT2D eigenvalue weighted by atomic mass is 10.3. The Morgan fingerprint density at radius 3 is 2.47 bits per heavy atom. The summed E-state index contributed by atoms with van der Waals surface area (Å²) in [6.45, 7) is 3.37. The molecule has 0 aliphatic rings. The van der Waals surface area contributed by atoms with Gasteiger partial charge in [0.2, 0.25) is 0 Å². The van der Waals surface area contributed by atoms with Crippen LogP contribution in [0, 0.1) is 0 Å². The molecule has 0 rings (SSSR count). The molecule has 0 amide bonds. The number of hydrogen-bond acceptors (Lipinski definition) is 5. The van der Waals surface area contributed by atoms with Crippen molar-refractivity contribution in [1.82, 2.24) is 0 Å². The summed E-state index contributed by atoms with van der Waals surface area (Å²) < 4.78 is 14.1. The van der Waals surface area contributed by atoms with Crippen LogP contribution in [0.15, 0.2) is 0 Å². The quantitative estimate of drug-likeness (QED) is 0.348. The SMILES string of the molecule is CCCCCOC(=O)COCOC(C)=O. The third-order valence-corrected chi connectivity index (χ3v) is 1.58. The Morgan fingerprint density at radius 1 is 1.13 bits per heavy atom. The Kier molecular flexibility index (Phi) is 8.76. The van der Waals surface area contributed by atoms with Gasteiger partial charge in [0.1, 0.15) is 6.61 Å². The minimum atomic E-state index is -0.439. The second-order valence-electron chi connectivity index (χ2n) is 3.03. The third kappa shape index (κ3) is 10.8. The highest BCUT2D eigenvalue weighted by Gasteiger charge is 2.02. The van der Waals surface area contributed by atoms with Crippen LogP contribution in [-0.2, 0) is 23.8 Å². The van der Waals surface area contributed by atoms with Gasteiger partial charge >= 0.3 is 11.9 Å². The number of unbranched alkanes of at least 4 members (excludes halogenated alkanes) is 2. The molecule has 0 N–H and O–H groups in total. The van der Waals surface area contributed by atoms with Crippen LogP contribution in [0.5, 0.6) is 0 Å². The number of hydrogen-bond donors (Lipinski definition) is 0. The van der Waals surface area contributed by atoms with Crippen LogP contribution < -0.4 is 0 Å². The molecule has 0 saturated carbocycles. The standard InChI is InChI=1S/C10H18O5/c1-3-4-5-6-14-10(12)7-13-8-15-9(2)11/h3-8H2,1-2H3. The van der Waals surface area contributed by atoms with Crippen LogP contribution in [0.25, 0.3) is 0 Å². The van der Waals surface area contributed by atoms with Crippen molar-refractivity contribution in [2.75, 3.05) is 20.0 Å². The van der Waals surface area contributed by atoms with Crippen LogP contribution in [-0.4, -0.2) is 31.9 Å². The molecule has 0 aromatic carbocycles. The first-order valence-electron chi connectivity index (χ1n) is 5.03. The summed E-state index contributed by atoms with van der Waals surface area (Å²) in [5.41, 5.74) is 0. The van der Waals surface area contributed by atoms with Gasteiger partial charge in [-0.25, -0.2) is 4.79 Å². The van der Waals surface area contributed by atoms with Gasteiger partial charge < -0.3 is 14.2 Å². The Bertz CT molecular complexity index is 190. The summed E-state index contributed by atoms with van der Waals surface area (Å²) >= 11 is 0. The van der Waals surface area contributed by atoms with Gasteiger partial charge in [-0.2, -0.15) is 0 Å². The van der Waals surface area contributed by atoms with Crippen molar-refractivity contribution in [1.29, 1.82) is 0 Å². The first-order valence-corrected chi connectivity index (χ1v) is 5.03. The lowest BCUT2D eigenvalue weighted by Crippen LogP contribution is -2.15. The van der Waals surface area contributed by atoms with E-state index in [-0.39, 0.29) is 13.4 Å². The Balaban J connectivity index is 3.22. The molecule has 0 aromatic rings. The fourth-order valence-corrected chi connectivity index (χ4v) is 0.829. The zero-order chi connectivity index (χ0) is 11.5. The first kappa shape index (κ1) is 13.9. The van der Waals surface area contributed by atoms with Crippen molar-refractivity contribution >= 4 is 11.9 Å². The van der Waals surface area contributed by atoms with Gasteiger partial charge in [0.25, 0.3) is 0 Å². The fraction of sp³-hybridized carbons (Fsp3) is 0.800. The predicted molar refractivity (Wildman–Crippen MR) is 53.1 cm³/mol. The topological polar surface area (TPSA) is 61.8 Å². The van der Waals surface area contributed by atoms with Crippen molar-refractivity contribution < 1.29 is 23.8 Å². The lowest BCUT2D eigenvalue weighted by Gasteiger charge is -2.05. The van der Waals surface area contributed by atoms with Crippen LogP contribution >= 0.6 is 0 Å². The molecule has 5 nitrogen and oxygen atoms in total. The van der Waals surface area contributed by atoms with E-state index in [1.807, 2.05) is 0 Å². The van der Waals surface area contributed by atoms with Crippen molar-refractivity contribution in [2.45, 2.75) is 33.1 Å². The van der Waals surface area contributed by atoms with E-state index >= 15 is 0 Å². The van der Waals surface area contributed by atoms with Crippen LogP contribution in [0.3, 0.4) is 0 Å². The molecular formula is C10H18O5. The molecule has 0 aromatic heterocycles. The molecule has 88 valence electrons. The van der Waals surface area contributed by atoms with Gasteiger partial charge in [0, 0.05) is 6.92 Å². The first-order chi connectivity index (χ1) is 7.16. The molecule has 0 aliphatic heterocycles. The monoisotopic (exact) mass is 218 g/mol. The Labute approximate surface area is 89.7 Å². The van der Waals surface area contributed by atoms with Crippen molar-refractivity contribution in [3.8, 4) is 0 Å². The summed E-state index contributed by atoms with van der Waals surface area (Å²) in [6, 6.07) is 0. The third-order valence-electron chi connectivity index (χ3n) is 1.58. The van der Waals surface area contributed by atoms with E-state index in [9.17, 15) is 9.59 Å². The van der Waals surface area contributed by atoms with E-state index < -0.39 is 11.9 Å². The van der Waals surface area contributed by atoms with Gasteiger partial charge in [0.05, 0.1) is 6.61 Å². The van der Waals surface area contributed by atoms with Crippen LogP contribution in [0.2, 0.25) is 0 Å². The molecule has 0 atom stereocenters. The average molecular weight is 218 g/mol. The number of carbonyl (C=O) groups excluding carboxylic acids is 2. The molecule has 0 heterocycles. The van der Waals surface area contributed by atoms with Crippen molar-refractivity contribution in [3.05, 3.63) is 0 Å². The maximum absolute atomic E-state index is 11.0. The molecular weight excluding hydrogens is 200 g/mol. The maximum Gasteiger partial charge on any atom is 0.332 e. The number of ether oxygens (including phenoxy) is 3. The highest BCUT2D eigenvalue weighted by molar-refractivity contribution is 5.70. The fourth-order valence-electron chi connectivity index (χ4n) is 0.829. The molecule has 0 saturated heterocycles. The summed E-state index contributed by atoms with van der Waals surface area (Å²) in [6.07, 6.45) is 2.99. The summed E-state index contributed by atoms with van der Waals surface area (Å²) in [4.78, 5) is 21.3. The van der Waals surface area contributed by atoms with Gasteiger partial charge in [-0.1, -0.05) is 19.8 Å². The molecule has 0 spiro atoms. The molecule has 15 heavy (non-hydrogen) atoms. The van der Waals surface area contributed by atoms with Gasteiger partial charge in [-0.3, -0.25) is 4.79 Å². The predicted octanol–water partition coefficient (Wildman–Crippen LogP) is 1.26. The van der Waals surface area contributed by atoms with Gasteiger partial charge in [-0.15, -0.1) is 0 Å². The number of carbonyl (C=O) groups is 2. The second kappa shape index (κ2) is 9.45. The average Bonchev–Trinajstić information content (AvgIpc) is 2.19. The minimum absolute atomic E-state index is 0.181. The molecule has 5 heteroatoms. The molecule has 0 unspecified atom stereocenters. The Hall–Kier alpha value is -1.10. The van der Waals surface area contributed by atoms with E-state index in [0.29, 0.717) is 6.61 Å². The summed E-state index contributed by atoms with van der Waals surface area (Å²) in [5.74, 6) is -0.871. The van der Waals surface area contributed by atoms with Crippen LogP contribution in [0.4, 0.5) is 0 Å². The maximum atomic E-state index is 11.0. The van der Waals surface area contributed by atoms with E-state index in [0.717, 1.165) is 19.3 Å². The smallest absolute Gasteiger partial charge is 0.332 e. The van der Waals surface area contributed by atoms with Gasteiger partial charge in [0.15, 0.2) is 6.79 Å². The van der Waals surface area contributed by atoms with E-state index in [2.05, 4.69) is 11.7 Å². The zero-order valence-corrected chi connectivity index (χ0v) is 9.28.